The lowest BCUT2D eigenvalue weighted by atomic mass is 9.95. The number of aromatic nitrogens is 2. The Bertz CT molecular complexity index is 792. The average molecular weight is 327 g/mol. The monoisotopic (exact) mass is 326 g/mol. The van der Waals surface area contributed by atoms with Gasteiger partial charge in [-0.25, -0.2) is 4.98 Å². The zero-order chi connectivity index (χ0) is 16.4. The molecule has 120 valence electrons. The van der Waals surface area contributed by atoms with E-state index in [0.717, 1.165) is 34.7 Å². The maximum absolute atomic E-state index is 6.24. The number of hydrogen-bond donors (Lipinski definition) is 0. The summed E-state index contributed by atoms with van der Waals surface area (Å²) in [6.07, 6.45) is 2.09. The van der Waals surface area contributed by atoms with Gasteiger partial charge in [0.1, 0.15) is 5.82 Å². The van der Waals surface area contributed by atoms with Crippen LogP contribution in [0.3, 0.4) is 0 Å². The Labute approximate surface area is 143 Å². The third-order valence-corrected chi connectivity index (χ3v) is 4.87. The largest absolute Gasteiger partial charge is 0.325 e. The molecule has 0 saturated carbocycles. The van der Waals surface area contributed by atoms with E-state index in [-0.39, 0.29) is 0 Å². The predicted octanol–water partition coefficient (Wildman–Crippen LogP) is 6.20. The molecule has 0 radical (unpaired) electrons. The molecule has 0 aliphatic carbocycles. The van der Waals surface area contributed by atoms with E-state index in [1.54, 1.807) is 0 Å². The molecule has 0 aliphatic heterocycles. The van der Waals surface area contributed by atoms with E-state index in [1.807, 2.05) is 18.2 Å². The Morgan fingerprint density at radius 3 is 2.43 bits per heavy atom. The lowest BCUT2D eigenvalue weighted by molar-refractivity contribution is 0.506. The van der Waals surface area contributed by atoms with Gasteiger partial charge >= 0.3 is 0 Å². The highest BCUT2D eigenvalue weighted by Crippen LogP contribution is 2.34. The molecular weight excluding hydrogens is 304 g/mol. The van der Waals surface area contributed by atoms with E-state index in [9.17, 15) is 0 Å². The maximum Gasteiger partial charge on any atom is 0.117 e. The van der Waals surface area contributed by atoms with E-state index in [2.05, 4.69) is 55.7 Å². The molecular formula is C20H23ClN2. The summed E-state index contributed by atoms with van der Waals surface area (Å²) in [5.74, 6) is 1.45. The summed E-state index contributed by atoms with van der Waals surface area (Å²) in [7, 11) is 0. The van der Waals surface area contributed by atoms with Crippen LogP contribution in [0.1, 0.15) is 57.0 Å². The fourth-order valence-electron chi connectivity index (χ4n) is 3.23. The van der Waals surface area contributed by atoms with Crippen LogP contribution < -0.4 is 0 Å². The Balaban J connectivity index is 2.23. The van der Waals surface area contributed by atoms with Crippen molar-refractivity contribution in [2.45, 2.75) is 45.6 Å². The number of benzene rings is 2. The van der Waals surface area contributed by atoms with E-state index in [0.29, 0.717) is 12.0 Å². The highest BCUT2D eigenvalue weighted by Gasteiger charge is 2.22. The Kier molecular flexibility index (Phi) is 4.72. The molecule has 0 bridgehead atoms. The van der Waals surface area contributed by atoms with Gasteiger partial charge in [0.25, 0.3) is 0 Å². The van der Waals surface area contributed by atoms with Crippen LogP contribution in [0.2, 0.25) is 5.02 Å². The standard InChI is InChI=1S/C20H23ClN2/c1-4-14(3)23-19-13-16(21)11-12-18(19)22-20(23)17(5-2)15-9-7-6-8-10-15/h6-14,17H,4-5H2,1-3H3. The van der Waals surface area contributed by atoms with Gasteiger partial charge in [0.05, 0.1) is 11.0 Å². The van der Waals surface area contributed by atoms with Gasteiger partial charge in [-0.15, -0.1) is 0 Å². The van der Waals surface area contributed by atoms with Gasteiger partial charge in [0.2, 0.25) is 0 Å². The van der Waals surface area contributed by atoms with Crippen LogP contribution in [-0.2, 0) is 0 Å². The first-order valence-electron chi connectivity index (χ1n) is 8.38. The van der Waals surface area contributed by atoms with E-state index in [4.69, 9.17) is 16.6 Å². The molecule has 3 heteroatoms. The van der Waals surface area contributed by atoms with Crippen LogP contribution in [0, 0.1) is 0 Å². The SMILES string of the molecule is CCC(c1ccccc1)c1nc2ccc(Cl)cc2n1C(C)CC. The number of halogens is 1. The molecule has 3 rings (SSSR count). The van der Waals surface area contributed by atoms with Crippen molar-refractivity contribution in [3.63, 3.8) is 0 Å². The molecule has 0 spiro atoms. The number of fused-ring (bicyclic) bond motifs is 1. The smallest absolute Gasteiger partial charge is 0.117 e. The van der Waals surface area contributed by atoms with E-state index >= 15 is 0 Å². The zero-order valence-electron chi connectivity index (χ0n) is 14.0. The zero-order valence-corrected chi connectivity index (χ0v) is 14.7. The lowest BCUT2D eigenvalue weighted by Gasteiger charge is -2.21. The maximum atomic E-state index is 6.24. The van der Waals surface area contributed by atoms with Crippen LogP contribution in [0.4, 0.5) is 0 Å². The van der Waals surface area contributed by atoms with Crippen molar-refractivity contribution in [2.75, 3.05) is 0 Å². The van der Waals surface area contributed by atoms with Gasteiger partial charge in [-0.05, 0) is 43.5 Å². The summed E-state index contributed by atoms with van der Waals surface area (Å²) >= 11 is 6.24. The minimum atomic E-state index is 0.302. The molecule has 2 nitrogen and oxygen atoms in total. The predicted molar refractivity (Wildman–Crippen MR) is 98.3 cm³/mol. The summed E-state index contributed by atoms with van der Waals surface area (Å²) in [6.45, 7) is 6.70. The van der Waals surface area contributed by atoms with Crippen molar-refractivity contribution < 1.29 is 0 Å². The summed E-state index contributed by atoms with van der Waals surface area (Å²) in [5.41, 5.74) is 3.48. The molecule has 0 aliphatic rings. The molecule has 0 N–H and O–H groups in total. The summed E-state index contributed by atoms with van der Waals surface area (Å²) in [6, 6.07) is 17.0. The molecule has 1 aromatic heterocycles. The van der Waals surface area contributed by atoms with Gasteiger partial charge in [-0.1, -0.05) is 55.8 Å². The number of rotatable bonds is 5. The van der Waals surface area contributed by atoms with Crippen molar-refractivity contribution in [3.8, 4) is 0 Å². The van der Waals surface area contributed by atoms with Crippen LogP contribution in [0.5, 0.6) is 0 Å². The molecule has 1 heterocycles. The second-order valence-electron chi connectivity index (χ2n) is 6.10. The first kappa shape index (κ1) is 16.1. The quantitative estimate of drug-likeness (QED) is 0.545. The lowest BCUT2D eigenvalue weighted by Crippen LogP contribution is -2.13. The van der Waals surface area contributed by atoms with Crippen molar-refractivity contribution in [3.05, 3.63) is 64.9 Å². The van der Waals surface area contributed by atoms with Gasteiger partial charge < -0.3 is 4.57 Å². The highest BCUT2D eigenvalue weighted by atomic mass is 35.5. The molecule has 2 atom stereocenters. The number of hydrogen-bond acceptors (Lipinski definition) is 1. The van der Waals surface area contributed by atoms with Gasteiger partial charge in [0, 0.05) is 17.0 Å². The molecule has 2 unspecified atom stereocenters. The molecule has 23 heavy (non-hydrogen) atoms. The first-order valence-corrected chi connectivity index (χ1v) is 8.75. The first-order chi connectivity index (χ1) is 11.2. The fraction of sp³-hybridized carbons (Fsp3) is 0.350. The molecule has 3 aromatic rings. The third-order valence-electron chi connectivity index (χ3n) is 4.63. The number of imidazole rings is 1. The Morgan fingerprint density at radius 1 is 1.04 bits per heavy atom. The summed E-state index contributed by atoms with van der Waals surface area (Å²) in [5, 5.41) is 0.765. The third kappa shape index (κ3) is 3.00. The summed E-state index contributed by atoms with van der Waals surface area (Å²) in [4.78, 5) is 4.97. The average Bonchev–Trinajstić information content (AvgIpc) is 2.94. The second kappa shape index (κ2) is 6.76. The van der Waals surface area contributed by atoms with Crippen LogP contribution in [0.25, 0.3) is 11.0 Å². The van der Waals surface area contributed by atoms with Crippen molar-refractivity contribution >= 4 is 22.6 Å². The highest BCUT2D eigenvalue weighted by molar-refractivity contribution is 6.31. The molecule has 2 aromatic carbocycles. The van der Waals surface area contributed by atoms with Crippen molar-refractivity contribution in [1.82, 2.24) is 9.55 Å². The van der Waals surface area contributed by atoms with Gasteiger partial charge in [0.15, 0.2) is 0 Å². The van der Waals surface area contributed by atoms with E-state index < -0.39 is 0 Å². The number of nitrogens with zero attached hydrogens (tertiary/aromatic N) is 2. The van der Waals surface area contributed by atoms with Crippen molar-refractivity contribution in [1.29, 1.82) is 0 Å². The molecule has 0 saturated heterocycles. The molecule has 0 fully saturated rings. The minimum Gasteiger partial charge on any atom is -0.325 e. The van der Waals surface area contributed by atoms with Crippen LogP contribution >= 0.6 is 11.6 Å². The second-order valence-corrected chi connectivity index (χ2v) is 6.54. The fourth-order valence-corrected chi connectivity index (χ4v) is 3.40. The summed E-state index contributed by atoms with van der Waals surface area (Å²) < 4.78 is 2.38. The van der Waals surface area contributed by atoms with Gasteiger partial charge in [-0.2, -0.15) is 0 Å². The van der Waals surface area contributed by atoms with Crippen LogP contribution in [-0.4, -0.2) is 9.55 Å². The Hall–Kier alpha value is -1.80. The van der Waals surface area contributed by atoms with Crippen LogP contribution in [0.15, 0.2) is 48.5 Å². The molecule has 0 amide bonds. The van der Waals surface area contributed by atoms with E-state index in [1.165, 1.54) is 5.56 Å². The normalized spacial score (nSPS) is 14.1. The minimum absolute atomic E-state index is 0.302. The van der Waals surface area contributed by atoms with Crippen molar-refractivity contribution in [2.24, 2.45) is 0 Å². The topological polar surface area (TPSA) is 17.8 Å². The van der Waals surface area contributed by atoms with Gasteiger partial charge in [-0.3, -0.25) is 0 Å². The Morgan fingerprint density at radius 2 is 1.78 bits per heavy atom.